The number of fused-ring (bicyclic) bond motifs is 1. The fourth-order valence-electron chi connectivity index (χ4n) is 4.37. The van der Waals surface area contributed by atoms with Crippen LogP contribution in [0.1, 0.15) is 59.9 Å². The summed E-state index contributed by atoms with van der Waals surface area (Å²) in [5, 5.41) is -0.827. The van der Waals surface area contributed by atoms with Gasteiger partial charge in [0.05, 0.1) is 10.8 Å². The van der Waals surface area contributed by atoms with Gasteiger partial charge in [-0.15, -0.1) is 0 Å². The highest BCUT2D eigenvalue weighted by Gasteiger charge is 2.37. The first-order valence-corrected chi connectivity index (χ1v) is 13.0. The molecule has 4 rings (SSSR count). The lowest BCUT2D eigenvalue weighted by atomic mass is 9.96. The highest BCUT2D eigenvalue weighted by Crippen LogP contribution is 2.40. The summed E-state index contributed by atoms with van der Waals surface area (Å²) in [6, 6.07) is 7.54. The Bertz CT molecular complexity index is 1440. The lowest BCUT2D eigenvalue weighted by Gasteiger charge is -2.28. The van der Waals surface area contributed by atoms with E-state index in [0.717, 1.165) is 6.07 Å². The van der Waals surface area contributed by atoms with E-state index in [4.69, 9.17) is 2.74 Å². The molecule has 1 saturated carbocycles. The van der Waals surface area contributed by atoms with Crippen molar-refractivity contribution in [1.82, 2.24) is 9.29 Å². The molecule has 0 aliphatic heterocycles. The summed E-state index contributed by atoms with van der Waals surface area (Å²) in [5.41, 5.74) is -0.573. The molecular formula is C26H29F5N2O2S. The summed E-state index contributed by atoms with van der Waals surface area (Å²) in [4.78, 5) is 0. The van der Waals surface area contributed by atoms with Gasteiger partial charge in [0.25, 0.3) is 6.43 Å². The topological polar surface area (TPSA) is 51.1 Å². The maximum Gasteiger partial charge on any atom is 0.417 e. The van der Waals surface area contributed by atoms with Crippen LogP contribution in [0.3, 0.4) is 0 Å². The van der Waals surface area contributed by atoms with Crippen molar-refractivity contribution in [3.05, 3.63) is 59.8 Å². The van der Waals surface area contributed by atoms with Gasteiger partial charge >= 0.3 is 6.18 Å². The Morgan fingerprint density at radius 1 is 1.11 bits per heavy atom. The molecule has 1 aromatic heterocycles. The molecule has 4 nitrogen and oxygen atoms in total. The second-order valence-corrected chi connectivity index (χ2v) is 12.3. The molecule has 1 aliphatic carbocycles. The van der Waals surface area contributed by atoms with Crippen molar-refractivity contribution >= 4 is 20.9 Å². The number of alkyl halides is 5. The van der Waals surface area contributed by atoms with E-state index in [1.54, 1.807) is 4.57 Å². The fourth-order valence-corrected chi connectivity index (χ4v) is 5.82. The van der Waals surface area contributed by atoms with E-state index in [1.165, 1.54) is 42.6 Å². The van der Waals surface area contributed by atoms with Crippen molar-refractivity contribution in [2.24, 2.45) is 5.41 Å². The predicted octanol–water partition coefficient (Wildman–Crippen LogP) is 7.15. The minimum atomic E-state index is -4.60. The van der Waals surface area contributed by atoms with E-state index in [0.29, 0.717) is 17.4 Å². The largest absolute Gasteiger partial charge is 0.417 e. The van der Waals surface area contributed by atoms with Crippen LogP contribution in [-0.2, 0) is 22.7 Å². The first kappa shape index (κ1) is 23.9. The van der Waals surface area contributed by atoms with Gasteiger partial charge in [-0.1, -0.05) is 57.5 Å². The van der Waals surface area contributed by atoms with Gasteiger partial charge in [0.15, 0.2) is 0 Å². The van der Waals surface area contributed by atoms with Gasteiger partial charge in [-0.25, -0.2) is 21.9 Å². The van der Waals surface area contributed by atoms with Crippen molar-refractivity contribution in [1.29, 1.82) is 0 Å². The third-order valence-electron chi connectivity index (χ3n) is 6.16. The van der Waals surface area contributed by atoms with Crippen LogP contribution in [0.4, 0.5) is 22.0 Å². The summed E-state index contributed by atoms with van der Waals surface area (Å²) < 4.78 is 114. The first-order chi connectivity index (χ1) is 17.4. The van der Waals surface area contributed by atoms with Gasteiger partial charge < -0.3 is 4.57 Å². The molecule has 1 fully saturated rings. The zero-order chi connectivity index (χ0) is 28.3. The van der Waals surface area contributed by atoms with Crippen molar-refractivity contribution < 1.29 is 33.1 Å². The molecular weight excluding hydrogens is 499 g/mol. The molecule has 0 amide bonds. The Hall–Kier alpha value is -2.46. The van der Waals surface area contributed by atoms with Crippen molar-refractivity contribution in [2.45, 2.75) is 70.4 Å². The zero-order valence-electron chi connectivity index (χ0n) is 22.0. The van der Waals surface area contributed by atoms with Crippen LogP contribution in [0.15, 0.2) is 48.7 Å². The lowest BCUT2D eigenvalue weighted by molar-refractivity contribution is -0.137. The number of halogens is 5. The third kappa shape index (κ3) is 5.44. The van der Waals surface area contributed by atoms with Crippen LogP contribution >= 0.6 is 0 Å². The Kier molecular flexibility index (Phi) is 6.27. The molecule has 2 aromatic carbocycles. The van der Waals surface area contributed by atoms with Gasteiger partial charge in [-0.3, -0.25) is 0 Å². The molecule has 1 aliphatic rings. The fraction of sp³-hybridized carbons (Fsp3) is 0.462. The van der Waals surface area contributed by atoms with Crippen molar-refractivity contribution in [2.75, 3.05) is 0 Å². The monoisotopic (exact) mass is 530 g/mol. The number of nitrogens with one attached hydrogen (secondary N) is 1. The Morgan fingerprint density at radius 3 is 2.36 bits per heavy atom. The van der Waals surface area contributed by atoms with Gasteiger partial charge in [-0.2, -0.15) is 13.2 Å². The van der Waals surface area contributed by atoms with E-state index in [9.17, 15) is 30.4 Å². The minimum absolute atomic E-state index is 0.000755. The number of hydrogen-bond donors (Lipinski definition) is 1. The molecule has 0 bridgehead atoms. The molecule has 1 N–H and O–H groups in total. The molecule has 1 atom stereocenters. The molecule has 10 heteroatoms. The Balaban J connectivity index is 1.83. The van der Waals surface area contributed by atoms with Crippen LogP contribution in [0, 0.1) is 5.41 Å². The van der Waals surface area contributed by atoms with Crippen LogP contribution in [0.5, 0.6) is 0 Å². The summed E-state index contributed by atoms with van der Waals surface area (Å²) in [6.45, 7) is 6.08. The predicted molar refractivity (Wildman–Crippen MR) is 130 cm³/mol. The first-order valence-electron chi connectivity index (χ1n) is 12.5. The summed E-state index contributed by atoms with van der Waals surface area (Å²) in [7, 11) is -4.26. The maximum atomic E-state index is 14.3. The van der Waals surface area contributed by atoms with E-state index < -0.39 is 45.9 Å². The highest BCUT2D eigenvalue weighted by molar-refractivity contribution is 7.90. The third-order valence-corrected chi connectivity index (χ3v) is 7.96. The summed E-state index contributed by atoms with van der Waals surface area (Å²) >= 11 is 0. The quantitative estimate of drug-likeness (QED) is 0.330. The smallest absolute Gasteiger partial charge is 0.347 e. The maximum absolute atomic E-state index is 14.3. The van der Waals surface area contributed by atoms with E-state index in [2.05, 4.69) is 4.72 Å². The summed E-state index contributed by atoms with van der Waals surface area (Å²) in [6.07, 6.45) is -8.53. The molecule has 3 aromatic rings. The molecule has 0 saturated heterocycles. The van der Waals surface area contributed by atoms with Crippen LogP contribution in [0.25, 0.3) is 22.0 Å². The molecule has 1 heterocycles. The van der Waals surface area contributed by atoms with Crippen LogP contribution < -0.4 is 4.72 Å². The summed E-state index contributed by atoms with van der Waals surface area (Å²) in [5.74, 6) is 0. The molecule has 0 unspecified atom stereocenters. The van der Waals surface area contributed by atoms with Gasteiger partial charge in [0, 0.05) is 31.9 Å². The number of benzene rings is 2. The van der Waals surface area contributed by atoms with Crippen molar-refractivity contribution in [3.8, 4) is 11.1 Å². The Labute approximate surface area is 210 Å². The number of hydrogen-bond acceptors (Lipinski definition) is 2. The molecule has 36 heavy (non-hydrogen) atoms. The average molecular weight is 531 g/mol. The van der Waals surface area contributed by atoms with Gasteiger partial charge in [0.2, 0.25) is 10.0 Å². The van der Waals surface area contributed by atoms with Crippen LogP contribution in [-0.4, -0.2) is 24.7 Å². The van der Waals surface area contributed by atoms with Crippen molar-refractivity contribution in [3.63, 3.8) is 0 Å². The van der Waals surface area contributed by atoms with E-state index in [1.807, 2.05) is 20.8 Å². The average Bonchev–Trinajstić information content (AvgIpc) is 3.11. The van der Waals surface area contributed by atoms with Crippen LogP contribution in [0.2, 0.25) is 0 Å². The lowest BCUT2D eigenvalue weighted by Crippen LogP contribution is -2.42. The zero-order valence-corrected chi connectivity index (χ0v) is 20.9. The molecule has 0 spiro atoms. The number of rotatable bonds is 7. The van der Waals surface area contributed by atoms with E-state index in [-0.39, 0.29) is 34.9 Å². The minimum Gasteiger partial charge on any atom is -0.347 e. The van der Waals surface area contributed by atoms with E-state index >= 15 is 0 Å². The van der Waals surface area contributed by atoms with Gasteiger partial charge in [0.1, 0.15) is 6.04 Å². The second-order valence-electron chi connectivity index (χ2n) is 10.3. The standard InChI is InChI=1S/C26H29F5N2O2S/c1-25(2,3)15-33-14-20(23(24(27)28)32-36(34,35)17-7-6-8-17)19-12-11-16(13-22(19)33)18-9-4-5-10-21(18)26(29,30)31/h4-5,9-14,17,23-24,32H,6-8,15H2,1-3H3/t23-/m0/s1/i6D2. The SMILES string of the molecule is [2H]C1([2H])CC(S(=O)(=O)N[C@@H](c2cn(CC(C)(C)C)c3cc(-c4ccccc4C(F)(F)F)ccc23)C(F)F)C1. The number of nitrogens with zero attached hydrogens (tertiary/aromatic N) is 1. The number of aromatic nitrogens is 1. The highest BCUT2D eigenvalue weighted by atomic mass is 32.2. The number of sulfonamides is 1. The molecule has 196 valence electrons. The van der Waals surface area contributed by atoms with Gasteiger partial charge in [-0.05, 0) is 41.5 Å². The Morgan fingerprint density at radius 2 is 1.78 bits per heavy atom. The molecule has 0 radical (unpaired) electrons. The normalized spacial score (nSPS) is 18.7. The second kappa shape index (κ2) is 9.45.